The molecule has 0 unspecified atom stereocenters. The van der Waals surface area contributed by atoms with Gasteiger partial charge in [0.25, 0.3) is 0 Å². The third-order valence-corrected chi connectivity index (χ3v) is 1.74. The van der Waals surface area contributed by atoms with E-state index in [2.05, 4.69) is 0 Å². The molecule has 0 spiro atoms. The number of rotatable bonds is 0. The van der Waals surface area contributed by atoms with Gasteiger partial charge in [-0.1, -0.05) is 0 Å². The van der Waals surface area contributed by atoms with Gasteiger partial charge in [0.2, 0.25) is 0 Å². The second-order valence-corrected chi connectivity index (χ2v) is 2.50. The van der Waals surface area contributed by atoms with Gasteiger partial charge < -0.3 is 15.1 Å². The number of carboxylic acid groups (broad SMARTS) is 1. The van der Waals surface area contributed by atoms with Crippen LogP contribution in [0.5, 0.6) is 0 Å². The van der Waals surface area contributed by atoms with Crippen molar-refractivity contribution in [1.82, 2.24) is 4.90 Å². The van der Waals surface area contributed by atoms with E-state index in [9.17, 15) is 4.79 Å². The third kappa shape index (κ3) is 1.60. The summed E-state index contributed by atoms with van der Waals surface area (Å²) < 4.78 is 0. The lowest BCUT2D eigenvalue weighted by Crippen LogP contribution is -2.39. The molecule has 2 N–H and O–H groups in total. The smallest absolute Gasteiger partial charge is 0.407 e. The zero-order valence-electron chi connectivity index (χ0n) is 5.66. The van der Waals surface area contributed by atoms with Gasteiger partial charge in [-0.3, -0.25) is 0 Å². The summed E-state index contributed by atoms with van der Waals surface area (Å²) in [6.07, 6.45) is -0.0269. The third-order valence-electron chi connectivity index (χ3n) is 1.74. The minimum absolute atomic E-state index is 0.296. The van der Waals surface area contributed by atoms with Crippen LogP contribution in [0, 0.1) is 0 Å². The van der Waals surface area contributed by atoms with E-state index in [1.165, 1.54) is 4.90 Å². The fourth-order valence-electron chi connectivity index (χ4n) is 1.06. The van der Waals surface area contributed by atoms with E-state index >= 15 is 0 Å². The van der Waals surface area contributed by atoms with Gasteiger partial charge in [0.15, 0.2) is 0 Å². The molecular weight excluding hydrogens is 134 g/mol. The molecule has 1 heterocycles. The first-order chi connectivity index (χ1) is 4.70. The van der Waals surface area contributed by atoms with E-state index in [0.29, 0.717) is 25.9 Å². The van der Waals surface area contributed by atoms with Crippen LogP contribution in [0.1, 0.15) is 12.8 Å². The standard InChI is InChI=1S/C6H11NO3/c8-5-1-3-7(4-2-5)6(9)10/h5,8H,1-4H2,(H,9,10). The lowest BCUT2D eigenvalue weighted by atomic mass is 10.1. The molecule has 0 atom stereocenters. The fraction of sp³-hybridized carbons (Fsp3) is 0.833. The molecule has 0 aromatic heterocycles. The number of hydrogen-bond acceptors (Lipinski definition) is 2. The molecule has 1 saturated heterocycles. The Morgan fingerprint density at radius 1 is 1.40 bits per heavy atom. The molecule has 1 fully saturated rings. The van der Waals surface area contributed by atoms with Crippen LogP contribution in [0.4, 0.5) is 4.79 Å². The zero-order valence-corrected chi connectivity index (χ0v) is 5.66. The molecule has 1 aliphatic rings. The van der Waals surface area contributed by atoms with E-state index in [1.807, 2.05) is 0 Å². The number of amides is 1. The van der Waals surface area contributed by atoms with Crippen LogP contribution in [0.3, 0.4) is 0 Å². The monoisotopic (exact) mass is 145 g/mol. The molecule has 1 amide bonds. The summed E-state index contributed by atoms with van der Waals surface area (Å²) in [5.74, 6) is 0. The fourth-order valence-corrected chi connectivity index (χ4v) is 1.06. The number of likely N-dealkylation sites (tertiary alicyclic amines) is 1. The Hall–Kier alpha value is -0.770. The van der Waals surface area contributed by atoms with Crippen LogP contribution in [0.25, 0.3) is 0 Å². The van der Waals surface area contributed by atoms with E-state index < -0.39 is 6.09 Å². The van der Waals surface area contributed by atoms with Gasteiger partial charge in [0, 0.05) is 13.1 Å². The molecule has 4 nitrogen and oxygen atoms in total. The average molecular weight is 145 g/mol. The molecule has 0 aliphatic carbocycles. The largest absolute Gasteiger partial charge is 0.465 e. The summed E-state index contributed by atoms with van der Waals surface area (Å²) in [5, 5.41) is 17.5. The first-order valence-electron chi connectivity index (χ1n) is 3.36. The van der Waals surface area contributed by atoms with Crippen molar-refractivity contribution in [2.75, 3.05) is 13.1 Å². The van der Waals surface area contributed by atoms with Gasteiger partial charge in [0.05, 0.1) is 6.10 Å². The Morgan fingerprint density at radius 3 is 2.30 bits per heavy atom. The molecule has 58 valence electrons. The highest BCUT2D eigenvalue weighted by atomic mass is 16.4. The first-order valence-corrected chi connectivity index (χ1v) is 3.36. The van der Waals surface area contributed by atoms with Crippen LogP contribution in [0.2, 0.25) is 0 Å². The van der Waals surface area contributed by atoms with Crippen molar-refractivity contribution >= 4 is 6.09 Å². The summed E-state index contributed by atoms with van der Waals surface area (Å²) in [6, 6.07) is 0. The first kappa shape index (κ1) is 7.34. The topological polar surface area (TPSA) is 60.8 Å². The minimum atomic E-state index is -0.883. The van der Waals surface area contributed by atoms with Crippen molar-refractivity contribution in [3.63, 3.8) is 0 Å². The zero-order chi connectivity index (χ0) is 7.56. The molecule has 0 radical (unpaired) electrons. The van der Waals surface area contributed by atoms with E-state index in [4.69, 9.17) is 10.2 Å². The summed E-state index contributed by atoms with van der Waals surface area (Å²) >= 11 is 0. The van der Waals surface area contributed by atoms with Crippen molar-refractivity contribution < 1.29 is 15.0 Å². The second-order valence-electron chi connectivity index (χ2n) is 2.50. The van der Waals surface area contributed by atoms with Crippen LogP contribution in [-0.4, -0.2) is 40.4 Å². The Morgan fingerprint density at radius 2 is 1.90 bits per heavy atom. The molecule has 4 heteroatoms. The predicted molar refractivity (Wildman–Crippen MR) is 34.8 cm³/mol. The van der Waals surface area contributed by atoms with Gasteiger partial charge >= 0.3 is 6.09 Å². The second kappa shape index (κ2) is 2.88. The van der Waals surface area contributed by atoms with Crippen LogP contribution in [0.15, 0.2) is 0 Å². The number of carbonyl (C=O) groups is 1. The normalized spacial score (nSPS) is 21.1. The van der Waals surface area contributed by atoms with Crippen LogP contribution < -0.4 is 0 Å². The molecule has 1 aliphatic heterocycles. The predicted octanol–water partition coefficient (Wildman–Crippen LogP) is 0.121. The summed E-state index contributed by atoms with van der Waals surface area (Å²) in [6.45, 7) is 0.938. The highest BCUT2D eigenvalue weighted by Crippen LogP contribution is 2.08. The summed E-state index contributed by atoms with van der Waals surface area (Å²) in [7, 11) is 0. The SMILES string of the molecule is O=C(O)N1CCC(O)CC1. The van der Waals surface area contributed by atoms with E-state index in [1.54, 1.807) is 0 Å². The molecule has 0 aromatic carbocycles. The van der Waals surface area contributed by atoms with Crippen LogP contribution >= 0.6 is 0 Å². The summed E-state index contributed by atoms with van der Waals surface area (Å²) in [4.78, 5) is 11.6. The number of aliphatic hydroxyl groups excluding tert-OH is 1. The highest BCUT2D eigenvalue weighted by molar-refractivity contribution is 5.64. The lowest BCUT2D eigenvalue weighted by molar-refractivity contribution is 0.0769. The van der Waals surface area contributed by atoms with E-state index in [0.717, 1.165) is 0 Å². The molecule has 0 bridgehead atoms. The van der Waals surface area contributed by atoms with Gasteiger partial charge in [-0.15, -0.1) is 0 Å². The van der Waals surface area contributed by atoms with Gasteiger partial charge in [-0.25, -0.2) is 4.79 Å². The van der Waals surface area contributed by atoms with Crippen molar-refractivity contribution in [3.8, 4) is 0 Å². The Balaban J connectivity index is 2.33. The van der Waals surface area contributed by atoms with Crippen LogP contribution in [-0.2, 0) is 0 Å². The Labute approximate surface area is 59.1 Å². The summed E-state index contributed by atoms with van der Waals surface area (Å²) in [5.41, 5.74) is 0. The van der Waals surface area contributed by atoms with Gasteiger partial charge in [-0.05, 0) is 12.8 Å². The lowest BCUT2D eigenvalue weighted by Gasteiger charge is -2.26. The molecular formula is C6H11NO3. The maximum absolute atomic E-state index is 10.3. The number of hydrogen-bond donors (Lipinski definition) is 2. The molecule has 0 saturated carbocycles. The quantitative estimate of drug-likeness (QED) is 0.509. The maximum Gasteiger partial charge on any atom is 0.407 e. The number of nitrogens with zero attached hydrogens (tertiary/aromatic N) is 1. The number of aliphatic hydroxyl groups is 1. The van der Waals surface area contributed by atoms with Crippen molar-refractivity contribution in [3.05, 3.63) is 0 Å². The van der Waals surface area contributed by atoms with Crippen molar-refractivity contribution in [1.29, 1.82) is 0 Å². The minimum Gasteiger partial charge on any atom is -0.465 e. The van der Waals surface area contributed by atoms with E-state index in [-0.39, 0.29) is 6.10 Å². The van der Waals surface area contributed by atoms with Gasteiger partial charge in [0.1, 0.15) is 0 Å². The van der Waals surface area contributed by atoms with Crippen molar-refractivity contribution in [2.24, 2.45) is 0 Å². The molecule has 10 heavy (non-hydrogen) atoms. The Kier molecular flexibility index (Phi) is 2.11. The van der Waals surface area contributed by atoms with Gasteiger partial charge in [-0.2, -0.15) is 0 Å². The average Bonchev–Trinajstić information content (AvgIpc) is 1.88. The highest BCUT2D eigenvalue weighted by Gasteiger charge is 2.19. The molecule has 1 rings (SSSR count). The Bertz CT molecular complexity index is 129. The van der Waals surface area contributed by atoms with Crippen molar-refractivity contribution in [2.45, 2.75) is 18.9 Å². The number of piperidine rings is 1. The molecule has 0 aromatic rings. The maximum atomic E-state index is 10.3.